The lowest BCUT2D eigenvalue weighted by molar-refractivity contribution is -0.234. The van der Waals surface area contributed by atoms with Gasteiger partial charge in [-0.2, -0.15) is 0 Å². The molecule has 2 N–H and O–H groups in total. The van der Waals surface area contributed by atoms with Crippen molar-refractivity contribution in [3.8, 4) is 0 Å². The number of amides is 2. The van der Waals surface area contributed by atoms with E-state index in [9.17, 15) is 0 Å². The molecule has 2 aromatic carbocycles. The van der Waals surface area contributed by atoms with E-state index in [1.54, 1.807) is 0 Å². The molecule has 2 aromatic rings. The molecule has 16 unspecified atom stereocenters. The molecular formula is C43H41N3O14. The van der Waals surface area contributed by atoms with Crippen LogP contribution < -0.4 is 10.6 Å². The van der Waals surface area contributed by atoms with Gasteiger partial charge in [0.2, 0.25) is 0 Å². The predicted octanol–water partition coefficient (Wildman–Crippen LogP) is -0.0142. The van der Waals surface area contributed by atoms with Crippen LogP contribution in [0.4, 0.5) is 0 Å². The summed E-state index contributed by atoms with van der Waals surface area (Å²) in [5.74, 6) is -14.3. The molecule has 11 aliphatic rings. The molecule has 9 fully saturated rings. The summed E-state index contributed by atoms with van der Waals surface area (Å²) in [6.45, 7) is -0.302. The molecular weight excluding hydrogens is 782 g/mol. The van der Waals surface area contributed by atoms with Crippen LogP contribution in [0.1, 0.15) is 46.4 Å². The van der Waals surface area contributed by atoms with Gasteiger partial charge in [-0.25, -0.2) is 19.2 Å². The number of benzene rings is 2. The number of fused-ring (bicyclic) bond motifs is 30. The molecule has 0 radical (unpaired) electrons. The number of likely N-dealkylation sites (tertiary alicyclic amines) is 1. The molecule has 0 spiro atoms. The van der Waals surface area contributed by atoms with Gasteiger partial charge in [-0.05, 0) is 22.3 Å². The number of methoxy groups -OCH3 is 5. The maximum Gasteiger partial charge on any atom is 0.339 e. The Kier molecular flexibility index (Phi) is 6.36. The predicted molar refractivity (Wildman–Crippen MR) is 194 cm³/mol. The zero-order chi connectivity index (χ0) is 41.4. The number of ether oxygens (including phenoxy) is 8. The quantitative estimate of drug-likeness (QED) is 0.214. The van der Waals surface area contributed by atoms with Gasteiger partial charge >= 0.3 is 23.9 Å². The summed E-state index contributed by atoms with van der Waals surface area (Å²) < 4.78 is 49.9. The van der Waals surface area contributed by atoms with E-state index in [-0.39, 0.29) is 13.2 Å². The van der Waals surface area contributed by atoms with Crippen molar-refractivity contribution in [2.45, 2.75) is 57.8 Å². The number of hydrogen-bond acceptors (Lipinski definition) is 16. The van der Waals surface area contributed by atoms with E-state index in [0.29, 0.717) is 0 Å². The van der Waals surface area contributed by atoms with Crippen LogP contribution in [0, 0.1) is 47.3 Å². The number of carbonyl (C=O) groups is 6. The average Bonchev–Trinajstić information content (AvgIpc) is 4.15. The van der Waals surface area contributed by atoms with Crippen molar-refractivity contribution in [3.63, 3.8) is 0 Å². The molecule has 17 nitrogen and oxygen atoms in total. The van der Waals surface area contributed by atoms with Gasteiger partial charge in [0, 0.05) is 78.6 Å². The van der Waals surface area contributed by atoms with Gasteiger partial charge in [-0.1, -0.05) is 48.5 Å². The zero-order valence-electron chi connectivity index (χ0n) is 33.1. The van der Waals surface area contributed by atoms with Gasteiger partial charge < -0.3 is 48.5 Å². The van der Waals surface area contributed by atoms with Crippen molar-refractivity contribution in [1.82, 2.24) is 15.5 Å². The lowest BCUT2D eigenvalue weighted by atomic mass is 9.38. The van der Waals surface area contributed by atoms with E-state index >= 15 is 28.8 Å². The normalized spacial score (nSPS) is 49.6. The van der Waals surface area contributed by atoms with Crippen molar-refractivity contribution in [1.29, 1.82) is 0 Å². The minimum absolute atomic E-state index is 0.0703. The first-order valence-corrected chi connectivity index (χ1v) is 20.5. The van der Waals surface area contributed by atoms with Crippen molar-refractivity contribution in [2.75, 3.05) is 48.7 Å². The average molecular weight is 824 g/mol. The lowest BCUT2D eigenvalue weighted by Gasteiger charge is -2.56. The Hall–Kier alpha value is -4.78. The Morgan fingerprint density at radius 2 is 0.833 bits per heavy atom. The highest BCUT2D eigenvalue weighted by atomic mass is 16.7. The fourth-order valence-electron chi connectivity index (χ4n) is 16.4. The van der Waals surface area contributed by atoms with E-state index in [1.807, 2.05) is 48.5 Å². The minimum atomic E-state index is -2.32. The third-order valence-corrected chi connectivity index (χ3v) is 17.3. The van der Waals surface area contributed by atoms with Crippen LogP contribution in [0.2, 0.25) is 0 Å². The third kappa shape index (κ3) is 3.02. The minimum Gasteiger partial charge on any atom is -0.467 e. The maximum absolute atomic E-state index is 16.1. The Balaban J connectivity index is 1.15. The van der Waals surface area contributed by atoms with Crippen LogP contribution in [0.3, 0.4) is 0 Å². The molecule has 0 aromatic heterocycles. The number of nitrogens with one attached hydrogen (secondary N) is 2. The Bertz CT molecular complexity index is 2160. The number of carbonyl (C=O) groups excluding carboxylic acids is 6. The standard InChI is InChI=1S/C43H41N3O14/c1-53-15-14-46-32(47)42-28-29(39(35(50)55-3)21-20(38(28,58-39)34(49)54-2)24-16-10-6-7-11-17(16)25(21)44-24)43(60-42,33(46)48)31-30(42)40(36(51)56-4)22-23(41(31,59-40)37(52)57-5)27-19-13-9-8-12-18(19)26(22)45-27/h6-13,20-31,44-45H,14-15H2,1-5H3. The van der Waals surface area contributed by atoms with Crippen molar-refractivity contribution < 1.29 is 66.7 Å². The van der Waals surface area contributed by atoms with Gasteiger partial charge in [0.25, 0.3) is 11.8 Å². The van der Waals surface area contributed by atoms with Crippen LogP contribution >= 0.6 is 0 Å². The summed E-state index contributed by atoms with van der Waals surface area (Å²) in [5.41, 5.74) is -9.61. The summed E-state index contributed by atoms with van der Waals surface area (Å²) in [6.07, 6.45) is 0. The highest BCUT2D eigenvalue weighted by molar-refractivity contribution is 6.13. The second-order valence-corrected chi connectivity index (χ2v) is 18.3. The lowest BCUT2D eigenvalue weighted by Crippen LogP contribution is -2.75. The summed E-state index contributed by atoms with van der Waals surface area (Å²) in [6, 6.07) is 13.1. The molecule has 2 amide bonds. The Morgan fingerprint density at radius 1 is 0.533 bits per heavy atom. The van der Waals surface area contributed by atoms with Crippen molar-refractivity contribution >= 4 is 35.7 Å². The first kappa shape index (κ1) is 35.9. The number of morpholine rings is 1. The van der Waals surface area contributed by atoms with E-state index in [4.69, 9.17) is 37.9 Å². The maximum atomic E-state index is 16.1. The molecule has 60 heavy (non-hydrogen) atoms. The van der Waals surface area contributed by atoms with Crippen LogP contribution in [0.5, 0.6) is 0 Å². The number of nitrogens with zero attached hydrogens (tertiary/aromatic N) is 1. The second kappa shape index (κ2) is 10.6. The van der Waals surface area contributed by atoms with E-state index in [2.05, 4.69) is 10.6 Å². The SMILES string of the molecule is COCCN1C(=O)C23OC(C1=O)(C1C2C2(C(=O)OC)OC1(C(=O)OC)C1C4NC(c5ccccc54)C12)C1C3C2(C(=O)OC)OC1(C(=O)OC)C1C3NC(c4ccccc43)C12. The highest BCUT2D eigenvalue weighted by Gasteiger charge is 3.07. The third-order valence-electron chi connectivity index (χ3n) is 17.3. The number of esters is 4. The van der Waals surface area contributed by atoms with Gasteiger partial charge in [0.1, 0.15) is 0 Å². The molecule has 11 heterocycles. The molecule has 9 saturated heterocycles. The molecule has 17 heteroatoms. The van der Waals surface area contributed by atoms with Gasteiger partial charge in [-0.3, -0.25) is 14.5 Å². The fraction of sp³-hybridized carbons (Fsp3) is 0.581. The molecule has 0 aliphatic carbocycles. The monoisotopic (exact) mass is 823 g/mol. The number of rotatable bonds is 7. The van der Waals surface area contributed by atoms with Gasteiger partial charge in [0.15, 0.2) is 33.6 Å². The Morgan fingerprint density at radius 3 is 1.10 bits per heavy atom. The first-order valence-electron chi connectivity index (χ1n) is 20.5. The summed E-state index contributed by atoms with van der Waals surface area (Å²) >= 11 is 0. The second-order valence-electron chi connectivity index (χ2n) is 18.3. The van der Waals surface area contributed by atoms with E-state index in [1.165, 1.54) is 35.5 Å². The molecule has 10 bridgehead atoms. The molecule has 16 atom stereocenters. The summed E-state index contributed by atoms with van der Waals surface area (Å²) in [7, 11) is 6.26. The molecule has 13 rings (SSSR count). The van der Waals surface area contributed by atoms with Gasteiger partial charge in [0.05, 0.1) is 41.6 Å². The van der Waals surface area contributed by atoms with Crippen molar-refractivity contribution in [2.24, 2.45) is 47.3 Å². The van der Waals surface area contributed by atoms with Gasteiger partial charge in [-0.15, -0.1) is 0 Å². The highest BCUT2D eigenvalue weighted by Crippen LogP contribution is 2.90. The van der Waals surface area contributed by atoms with Crippen LogP contribution in [0.15, 0.2) is 48.5 Å². The molecule has 0 saturated carbocycles. The first-order chi connectivity index (χ1) is 29.0. The number of hydrogen-bond donors (Lipinski definition) is 2. The summed E-state index contributed by atoms with van der Waals surface area (Å²) in [5, 5.41) is 7.32. The fourth-order valence-corrected chi connectivity index (χ4v) is 16.4. The van der Waals surface area contributed by atoms with Crippen molar-refractivity contribution in [3.05, 3.63) is 70.8 Å². The van der Waals surface area contributed by atoms with E-state index in [0.717, 1.165) is 27.2 Å². The molecule has 312 valence electrons. The molecule has 11 aliphatic heterocycles. The van der Waals surface area contributed by atoms with Crippen LogP contribution in [-0.2, 0) is 66.7 Å². The largest absolute Gasteiger partial charge is 0.467 e. The Labute approximate surface area is 341 Å². The van der Waals surface area contributed by atoms with Crippen LogP contribution in [0.25, 0.3) is 0 Å². The van der Waals surface area contributed by atoms with Crippen LogP contribution in [-0.4, -0.2) is 123 Å². The topological polar surface area (TPSA) is 204 Å². The smallest absolute Gasteiger partial charge is 0.339 e. The number of imide groups is 1. The zero-order valence-corrected chi connectivity index (χ0v) is 33.1. The summed E-state index contributed by atoms with van der Waals surface area (Å²) in [4.78, 5) is 93.8. The van der Waals surface area contributed by atoms with E-state index < -0.39 is 141 Å².